The Bertz CT molecular complexity index is 122. The quantitative estimate of drug-likeness (QED) is 0.223. The fourth-order valence-corrected chi connectivity index (χ4v) is 0. The van der Waals surface area contributed by atoms with E-state index in [2.05, 4.69) is 4.89 Å². The van der Waals surface area contributed by atoms with Gasteiger partial charge in [0.1, 0.15) is 0 Å². The van der Waals surface area contributed by atoms with Crippen molar-refractivity contribution in [2.24, 2.45) is 0 Å². The molecule has 0 bridgehead atoms. The standard InChI is InChI=1S/C2H6O2.2H3N.H2O4S/c1-2-4-3;;;1-5(2,3)4/h3H,2H2,1H3;2*1H3;(H2,1,2,3,4). The maximum absolute atomic E-state index is 8.74. The summed E-state index contributed by atoms with van der Waals surface area (Å²) in [6, 6.07) is 0. The Labute approximate surface area is 64.9 Å². The highest BCUT2D eigenvalue weighted by Crippen LogP contribution is 1.59. The zero-order valence-corrected chi connectivity index (χ0v) is 6.91. The third kappa shape index (κ3) is 1150. The monoisotopic (exact) mass is 194 g/mol. The molecule has 0 rings (SSSR count). The molecule has 0 aromatic heterocycles. The van der Waals surface area contributed by atoms with Gasteiger partial charge in [-0.1, -0.05) is 0 Å². The van der Waals surface area contributed by atoms with E-state index in [-0.39, 0.29) is 12.3 Å². The molecule has 74 valence electrons. The lowest BCUT2D eigenvalue weighted by Crippen LogP contribution is -1.89. The van der Waals surface area contributed by atoms with Gasteiger partial charge in [0.05, 0.1) is 6.61 Å². The van der Waals surface area contributed by atoms with Crippen molar-refractivity contribution >= 4 is 10.4 Å². The van der Waals surface area contributed by atoms with E-state index >= 15 is 0 Å². The van der Waals surface area contributed by atoms with Gasteiger partial charge < -0.3 is 12.3 Å². The molecule has 0 saturated heterocycles. The normalized spacial score (nSPS) is 8.00. The average Bonchev–Trinajstić information content (AvgIpc) is 1.61. The molecule has 0 unspecified atom stereocenters. The molecular formula is C2H14N2O6S. The summed E-state index contributed by atoms with van der Waals surface area (Å²) in [7, 11) is -4.67. The second kappa shape index (κ2) is 12.4. The number of rotatable bonds is 1. The predicted octanol–water partition coefficient (Wildman–Crippen LogP) is 0.167. The lowest BCUT2D eigenvalue weighted by atomic mass is 10.9. The van der Waals surface area contributed by atoms with Gasteiger partial charge in [-0.05, 0) is 6.92 Å². The van der Waals surface area contributed by atoms with Crippen molar-refractivity contribution in [2.75, 3.05) is 6.61 Å². The Balaban J connectivity index is -0.0000000383. The second-order valence-electron chi connectivity index (χ2n) is 0.866. The van der Waals surface area contributed by atoms with Crippen molar-refractivity contribution in [1.29, 1.82) is 0 Å². The predicted molar refractivity (Wildman–Crippen MR) is 38.5 cm³/mol. The maximum atomic E-state index is 8.74. The van der Waals surface area contributed by atoms with Crippen LogP contribution in [0.3, 0.4) is 0 Å². The highest BCUT2D eigenvalue weighted by molar-refractivity contribution is 7.79. The summed E-state index contributed by atoms with van der Waals surface area (Å²) >= 11 is 0. The van der Waals surface area contributed by atoms with Gasteiger partial charge in [-0.3, -0.25) is 14.4 Å². The summed E-state index contributed by atoms with van der Waals surface area (Å²) in [6.07, 6.45) is 0. The first-order valence-corrected chi connectivity index (χ1v) is 3.27. The van der Waals surface area contributed by atoms with Crippen LogP contribution in [0.2, 0.25) is 0 Å². The van der Waals surface area contributed by atoms with Gasteiger partial charge in [0, 0.05) is 0 Å². The van der Waals surface area contributed by atoms with Crippen LogP contribution in [-0.4, -0.2) is 29.4 Å². The van der Waals surface area contributed by atoms with Crippen LogP contribution in [0.5, 0.6) is 0 Å². The van der Waals surface area contributed by atoms with Crippen LogP contribution in [0.15, 0.2) is 0 Å². The summed E-state index contributed by atoms with van der Waals surface area (Å²) < 4.78 is 31.6. The van der Waals surface area contributed by atoms with Crippen molar-refractivity contribution in [3.63, 3.8) is 0 Å². The summed E-state index contributed by atoms with van der Waals surface area (Å²) in [6.45, 7) is 2.08. The zero-order chi connectivity index (χ0) is 7.91. The molecule has 0 fully saturated rings. The van der Waals surface area contributed by atoms with Gasteiger partial charge in [-0.2, -0.15) is 8.42 Å². The molecule has 9 N–H and O–H groups in total. The van der Waals surface area contributed by atoms with E-state index in [1.165, 1.54) is 0 Å². The van der Waals surface area contributed by atoms with Crippen LogP contribution in [0, 0.1) is 0 Å². The molecule has 0 amide bonds. The molecular weight excluding hydrogens is 180 g/mol. The largest absolute Gasteiger partial charge is 0.394 e. The zero-order valence-electron chi connectivity index (χ0n) is 6.10. The van der Waals surface area contributed by atoms with Crippen molar-refractivity contribution in [3.8, 4) is 0 Å². The molecule has 0 atom stereocenters. The summed E-state index contributed by atoms with van der Waals surface area (Å²) in [5.74, 6) is 0. The number of hydrogen-bond acceptors (Lipinski definition) is 6. The van der Waals surface area contributed by atoms with Crippen molar-refractivity contribution in [3.05, 3.63) is 0 Å². The molecule has 0 aromatic carbocycles. The SMILES string of the molecule is CCOO.N.N.O=S(=O)(O)O. The topological polar surface area (TPSA) is 174 Å². The molecule has 0 spiro atoms. The van der Waals surface area contributed by atoms with E-state index in [9.17, 15) is 0 Å². The Kier molecular flexibility index (Phi) is 25.3. The van der Waals surface area contributed by atoms with Crippen LogP contribution in [0.25, 0.3) is 0 Å². The highest BCUT2D eigenvalue weighted by Gasteiger charge is 1.84. The molecule has 0 aliphatic rings. The first kappa shape index (κ1) is 22.4. The van der Waals surface area contributed by atoms with Crippen LogP contribution in [0.4, 0.5) is 0 Å². The van der Waals surface area contributed by atoms with Gasteiger partial charge in [-0.15, -0.1) is 0 Å². The highest BCUT2D eigenvalue weighted by atomic mass is 32.3. The van der Waals surface area contributed by atoms with E-state index in [1.807, 2.05) is 0 Å². The molecule has 11 heavy (non-hydrogen) atoms. The third-order valence-electron chi connectivity index (χ3n) is 0.129. The Morgan fingerprint density at radius 1 is 1.27 bits per heavy atom. The van der Waals surface area contributed by atoms with Crippen molar-refractivity contribution < 1.29 is 27.7 Å². The lowest BCUT2D eigenvalue weighted by Gasteiger charge is -1.73. The number of hydrogen-bond donors (Lipinski definition) is 5. The minimum absolute atomic E-state index is 0. The Morgan fingerprint density at radius 2 is 1.36 bits per heavy atom. The second-order valence-corrected chi connectivity index (χ2v) is 1.76. The fourth-order valence-electron chi connectivity index (χ4n) is 0. The van der Waals surface area contributed by atoms with Crippen LogP contribution >= 0.6 is 0 Å². The van der Waals surface area contributed by atoms with Gasteiger partial charge in [0.2, 0.25) is 0 Å². The molecule has 9 heteroatoms. The van der Waals surface area contributed by atoms with E-state index in [0.29, 0.717) is 6.61 Å². The van der Waals surface area contributed by atoms with Crippen LogP contribution in [-0.2, 0) is 15.3 Å². The van der Waals surface area contributed by atoms with E-state index < -0.39 is 10.4 Å². The maximum Gasteiger partial charge on any atom is 0.394 e. The Morgan fingerprint density at radius 3 is 1.36 bits per heavy atom. The van der Waals surface area contributed by atoms with Gasteiger partial charge in [-0.25, -0.2) is 4.89 Å². The van der Waals surface area contributed by atoms with E-state index in [4.69, 9.17) is 22.8 Å². The van der Waals surface area contributed by atoms with Crippen LogP contribution in [0.1, 0.15) is 6.92 Å². The van der Waals surface area contributed by atoms with Crippen molar-refractivity contribution in [1.82, 2.24) is 12.3 Å². The molecule has 0 saturated carbocycles. The molecule has 0 radical (unpaired) electrons. The molecule has 0 aliphatic carbocycles. The molecule has 8 nitrogen and oxygen atoms in total. The molecule has 0 heterocycles. The molecule has 0 aromatic rings. The smallest absolute Gasteiger partial charge is 0.344 e. The van der Waals surface area contributed by atoms with E-state index in [1.54, 1.807) is 6.92 Å². The van der Waals surface area contributed by atoms with E-state index in [0.717, 1.165) is 0 Å². The summed E-state index contributed by atoms with van der Waals surface area (Å²) in [4.78, 5) is 3.54. The minimum Gasteiger partial charge on any atom is -0.344 e. The van der Waals surface area contributed by atoms with Crippen molar-refractivity contribution in [2.45, 2.75) is 6.92 Å². The molecule has 0 aliphatic heterocycles. The lowest BCUT2D eigenvalue weighted by molar-refractivity contribution is -0.237. The minimum atomic E-state index is -4.67. The van der Waals surface area contributed by atoms with Crippen LogP contribution < -0.4 is 12.3 Å². The fraction of sp³-hybridized carbons (Fsp3) is 1.00. The first-order chi connectivity index (χ1) is 3.91. The first-order valence-electron chi connectivity index (χ1n) is 1.88. The summed E-state index contributed by atoms with van der Waals surface area (Å²) in [5, 5.41) is 7.38. The van der Waals surface area contributed by atoms with Gasteiger partial charge in [0.15, 0.2) is 0 Å². The van der Waals surface area contributed by atoms with Gasteiger partial charge >= 0.3 is 10.4 Å². The third-order valence-corrected chi connectivity index (χ3v) is 0.129. The Hall–Kier alpha value is -0.290. The summed E-state index contributed by atoms with van der Waals surface area (Å²) in [5.41, 5.74) is 0. The van der Waals surface area contributed by atoms with Gasteiger partial charge in [0.25, 0.3) is 0 Å². The average molecular weight is 194 g/mol.